The Hall–Kier alpha value is -5.80. The van der Waals surface area contributed by atoms with Crippen LogP contribution in [-0.4, -0.2) is 42.7 Å². The van der Waals surface area contributed by atoms with Crippen LogP contribution in [0.25, 0.3) is 44.1 Å². The lowest BCUT2D eigenvalue weighted by Gasteiger charge is -2.25. The molecule has 1 aliphatic carbocycles. The Morgan fingerprint density at radius 3 is 2.49 bits per heavy atom. The average Bonchev–Trinajstić information content (AvgIpc) is 3.74. The molecule has 0 bridgehead atoms. The van der Waals surface area contributed by atoms with Crippen LogP contribution in [0.4, 0.5) is 0 Å². The average molecular weight is 729 g/mol. The van der Waals surface area contributed by atoms with Gasteiger partial charge in [0.25, 0.3) is 5.91 Å². The number of carbonyl (C=O) groups is 2. The van der Waals surface area contributed by atoms with E-state index >= 15 is 0 Å². The molecule has 1 aliphatic rings. The highest BCUT2D eigenvalue weighted by molar-refractivity contribution is 5.98. The van der Waals surface area contributed by atoms with Gasteiger partial charge in [-0.3, -0.25) is 9.59 Å². The zero-order valence-corrected chi connectivity index (χ0v) is 29.9. The molecule has 10 heteroatoms. The third-order valence-electron chi connectivity index (χ3n) is 10.2. The highest BCUT2D eigenvalue weighted by Crippen LogP contribution is 2.37. The lowest BCUT2D eigenvalue weighted by atomic mass is 9.94. The summed E-state index contributed by atoms with van der Waals surface area (Å²) < 4.78 is 8.51. The number of phenols is 1. The van der Waals surface area contributed by atoms with Crippen LogP contribution in [0, 0.1) is 0 Å². The first-order valence-corrected chi connectivity index (χ1v) is 17.9. The number of aromatic nitrogens is 3. The number of carbonyl (C=O) groups excluding carboxylic acids is 1. The van der Waals surface area contributed by atoms with Crippen LogP contribution in [-0.2, 0) is 17.8 Å². The summed E-state index contributed by atoms with van der Waals surface area (Å²) in [5.41, 5.74) is 5.81. The monoisotopic (exact) mass is 728 g/mol. The summed E-state index contributed by atoms with van der Waals surface area (Å²) in [6.45, 7) is 0.467. The maximum absolute atomic E-state index is 13.7. The third kappa shape index (κ3) is 7.71. The summed E-state index contributed by atoms with van der Waals surface area (Å²) >= 11 is 0. The number of aliphatic carboxylic acids is 1. The Morgan fingerprint density at radius 1 is 0.906 bits per heavy atom. The Labute approximate surface area is 313 Å². The van der Waals surface area contributed by atoms with Gasteiger partial charge >= 0.3 is 5.97 Å². The van der Waals surface area contributed by atoms with Gasteiger partial charge in [0.15, 0.2) is 0 Å². The Morgan fingerprint density at radius 2 is 1.70 bits per heavy atom. The first-order valence-electron chi connectivity index (χ1n) is 17.9. The van der Waals surface area contributed by atoms with Gasteiger partial charge in [0.2, 0.25) is 0 Å². The number of halogens is 1. The molecule has 8 rings (SSSR count). The number of imidazole rings is 1. The smallest absolute Gasteiger partial charge is 0.305 e. The van der Waals surface area contributed by atoms with Crippen molar-refractivity contribution in [1.82, 2.24) is 19.9 Å². The number of benzene rings is 5. The number of rotatable bonds is 11. The maximum Gasteiger partial charge on any atom is 0.305 e. The van der Waals surface area contributed by atoms with Crippen LogP contribution in [0.3, 0.4) is 0 Å². The van der Waals surface area contributed by atoms with Gasteiger partial charge in [-0.25, -0.2) is 4.98 Å². The molecule has 2 aromatic heterocycles. The molecule has 1 amide bonds. The van der Waals surface area contributed by atoms with Crippen LogP contribution in [0.5, 0.6) is 11.5 Å². The Balaban J connectivity index is 0.00000435. The Bertz CT molecular complexity index is 2410. The second kappa shape index (κ2) is 15.4. The number of hydrogen-bond acceptors (Lipinski definition) is 5. The van der Waals surface area contributed by atoms with Gasteiger partial charge < -0.3 is 29.8 Å². The summed E-state index contributed by atoms with van der Waals surface area (Å²) in [6, 6.07) is 32.9. The van der Waals surface area contributed by atoms with Gasteiger partial charge in [-0.15, -0.1) is 12.4 Å². The topological polar surface area (TPSA) is 129 Å². The normalized spacial score (nSPS) is 13.9. The number of phenolic OH excluding ortho intramolecular Hbond substituents is 1. The number of fused-ring (bicyclic) bond motifs is 3. The number of nitrogens with one attached hydrogen (secondary N) is 2. The quantitative estimate of drug-likeness (QED) is 0.105. The van der Waals surface area contributed by atoms with Crippen LogP contribution < -0.4 is 10.1 Å². The maximum atomic E-state index is 13.7. The number of aromatic amines is 1. The molecular formula is C43H41ClN4O5. The van der Waals surface area contributed by atoms with Crippen molar-refractivity contribution in [3.8, 4) is 22.9 Å². The minimum Gasteiger partial charge on any atom is -0.508 e. The summed E-state index contributed by atoms with van der Waals surface area (Å²) in [6.07, 6.45) is 7.50. The third-order valence-corrected chi connectivity index (χ3v) is 10.2. The number of aromatic hydroxyl groups is 1. The molecule has 2 heterocycles. The molecule has 5 aromatic carbocycles. The minimum atomic E-state index is -1.01. The van der Waals surface area contributed by atoms with E-state index in [2.05, 4.69) is 45.2 Å². The first kappa shape index (κ1) is 35.6. The zero-order chi connectivity index (χ0) is 35.6. The van der Waals surface area contributed by atoms with Crippen molar-refractivity contribution in [1.29, 1.82) is 0 Å². The second-order valence-electron chi connectivity index (χ2n) is 13.8. The molecule has 0 aliphatic heterocycles. The SMILES string of the molecule is Cl.O=C(O)CC(Cc1c[nH]c2ccc(O)cc12)NC(=O)c1ccc2c(c1)nc(-c1ccc(OCc3ccc4ccccc4c3)cc1)n2C1CCCCC1. The highest BCUT2D eigenvalue weighted by Gasteiger charge is 2.24. The van der Waals surface area contributed by atoms with Crippen LogP contribution in [0.2, 0.25) is 0 Å². The van der Waals surface area contributed by atoms with Crippen molar-refractivity contribution in [2.45, 2.75) is 63.6 Å². The molecule has 1 atom stereocenters. The predicted molar refractivity (Wildman–Crippen MR) is 210 cm³/mol. The van der Waals surface area contributed by atoms with E-state index in [-0.39, 0.29) is 36.9 Å². The van der Waals surface area contributed by atoms with E-state index in [1.165, 1.54) is 17.2 Å². The van der Waals surface area contributed by atoms with Crippen LogP contribution >= 0.6 is 12.4 Å². The van der Waals surface area contributed by atoms with Crippen molar-refractivity contribution in [2.24, 2.45) is 0 Å². The standard InChI is InChI=1S/C43H40N4O5.ClH/c48-35-15-18-38-37(24-35)32(25-44-38)21-33(23-41(49)50)45-43(51)31-14-19-40-39(22-31)46-42(47(40)34-8-2-1-3-9-34)29-12-16-36(17-13-29)52-26-27-10-11-28-6-4-5-7-30(28)20-27;/h4-7,10-20,22,24-25,33-34,44,48H,1-3,8-9,21,23,26H2,(H,45,51)(H,49,50);1H. The fraction of sp³-hybridized carbons (Fsp3) is 0.233. The van der Waals surface area contributed by atoms with E-state index in [1.807, 2.05) is 42.5 Å². The fourth-order valence-corrected chi connectivity index (χ4v) is 7.60. The van der Waals surface area contributed by atoms with Crippen molar-refractivity contribution in [2.75, 3.05) is 0 Å². The summed E-state index contributed by atoms with van der Waals surface area (Å²) in [5, 5.41) is 25.8. The lowest BCUT2D eigenvalue weighted by molar-refractivity contribution is -0.137. The predicted octanol–water partition coefficient (Wildman–Crippen LogP) is 9.37. The van der Waals surface area contributed by atoms with E-state index in [4.69, 9.17) is 9.72 Å². The largest absolute Gasteiger partial charge is 0.508 e. The van der Waals surface area contributed by atoms with Crippen molar-refractivity contribution in [3.05, 3.63) is 126 Å². The minimum absolute atomic E-state index is 0. The molecule has 270 valence electrons. The van der Waals surface area contributed by atoms with Crippen LogP contribution in [0.1, 0.15) is 66.1 Å². The van der Waals surface area contributed by atoms with Crippen molar-refractivity contribution < 1.29 is 24.5 Å². The molecule has 1 fully saturated rings. The number of carboxylic acid groups (broad SMARTS) is 1. The fourth-order valence-electron chi connectivity index (χ4n) is 7.60. The van der Waals surface area contributed by atoms with Crippen LogP contribution in [0.15, 0.2) is 109 Å². The molecule has 0 radical (unpaired) electrons. The number of amides is 1. The zero-order valence-electron chi connectivity index (χ0n) is 29.1. The van der Waals surface area contributed by atoms with Gasteiger partial charge in [-0.2, -0.15) is 0 Å². The number of H-pyrrole nitrogens is 1. The summed E-state index contributed by atoms with van der Waals surface area (Å²) in [4.78, 5) is 33.7. The lowest BCUT2D eigenvalue weighted by Crippen LogP contribution is -2.38. The second-order valence-corrected chi connectivity index (χ2v) is 13.8. The summed E-state index contributed by atoms with van der Waals surface area (Å²) in [7, 11) is 0. The van der Waals surface area contributed by atoms with Gasteiger partial charge in [0.1, 0.15) is 23.9 Å². The van der Waals surface area contributed by atoms with Gasteiger partial charge in [-0.1, -0.05) is 55.7 Å². The van der Waals surface area contributed by atoms with Gasteiger partial charge in [0, 0.05) is 40.3 Å². The molecule has 7 aromatic rings. The van der Waals surface area contributed by atoms with E-state index in [0.717, 1.165) is 70.4 Å². The first-order chi connectivity index (χ1) is 25.4. The Kier molecular flexibility index (Phi) is 10.4. The molecular weight excluding hydrogens is 688 g/mol. The molecule has 1 unspecified atom stereocenters. The highest BCUT2D eigenvalue weighted by atomic mass is 35.5. The molecule has 1 saturated carbocycles. The van der Waals surface area contributed by atoms with Gasteiger partial charge in [-0.05, 0) is 108 Å². The van der Waals surface area contributed by atoms with E-state index in [9.17, 15) is 19.8 Å². The number of carboxylic acids is 1. The van der Waals surface area contributed by atoms with Crippen molar-refractivity contribution >= 4 is 57.0 Å². The van der Waals surface area contributed by atoms with E-state index in [1.54, 1.807) is 36.5 Å². The van der Waals surface area contributed by atoms with E-state index in [0.29, 0.717) is 23.7 Å². The summed E-state index contributed by atoms with van der Waals surface area (Å²) in [5.74, 6) is 0.374. The molecule has 53 heavy (non-hydrogen) atoms. The van der Waals surface area contributed by atoms with Gasteiger partial charge in [0.05, 0.1) is 17.5 Å². The molecule has 0 saturated heterocycles. The number of hydrogen-bond donors (Lipinski definition) is 4. The van der Waals surface area contributed by atoms with E-state index < -0.39 is 12.0 Å². The molecule has 9 nitrogen and oxygen atoms in total. The molecule has 0 spiro atoms. The molecule has 4 N–H and O–H groups in total. The number of ether oxygens (including phenoxy) is 1. The number of nitrogens with zero attached hydrogens (tertiary/aromatic N) is 2. The van der Waals surface area contributed by atoms with Crippen molar-refractivity contribution in [3.63, 3.8) is 0 Å².